The van der Waals surface area contributed by atoms with Gasteiger partial charge in [-0.25, -0.2) is 9.78 Å². The summed E-state index contributed by atoms with van der Waals surface area (Å²) >= 11 is 0. The second-order valence-electron chi connectivity index (χ2n) is 7.94. The van der Waals surface area contributed by atoms with E-state index in [9.17, 15) is 38.7 Å². The molecule has 0 saturated carbocycles. The first-order chi connectivity index (χ1) is 17.3. The molecule has 4 amide bonds. The molecule has 0 aromatic carbocycles. The largest absolute Gasteiger partial charge is 0.481 e. The van der Waals surface area contributed by atoms with E-state index in [-0.39, 0.29) is 25.7 Å². The molecule has 0 aliphatic heterocycles. The summed E-state index contributed by atoms with van der Waals surface area (Å²) in [5.41, 5.74) is 11.1. The average molecular weight is 527 g/mol. The minimum Gasteiger partial charge on any atom is -0.481 e. The second kappa shape index (κ2) is 14.8. The number of nitrogens with two attached hydrogens (primary N) is 2. The summed E-state index contributed by atoms with van der Waals surface area (Å²) in [4.78, 5) is 88.9. The quantitative estimate of drug-likeness (QED) is 0.0950. The van der Waals surface area contributed by atoms with Crippen LogP contribution in [-0.4, -0.2) is 91.0 Å². The monoisotopic (exact) mass is 527 g/mol. The number of aromatic amines is 1. The highest BCUT2D eigenvalue weighted by Gasteiger charge is 2.31. The third kappa shape index (κ3) is 11.6. The fraction of sp³-hybridized carbons (Fsp3) is 0.500. The first kappa shape index (κ1) is 30.5. The Hall–Kier alpha value is -4.54. The molecular formula is C20H29N7O10. The van der Waals surface area contributed by atoms with Crippen LogP contribution in [-0.2, 0) is 40.0 Å². The van der Waals surface area contributed by atoms with Crippen LogP contribution in [0.1, 0.15) is 37.8 Å². The van der Waals surface area contributed by atoms with E-state index < -0.39 is 78.5 Å². The lowest BCUT2D eigenvalue weighted by molar-refractivity contribution is -0.147. The molecule has 11 N–H and O–H groups in total. The molecule has 17 heteroatoms. The summed E-state index contributed by atoms with van der Waals surface area (Å²) in [6, 6.07) is -5.99. The molecule has 0 saturated heterocycles. The van der Waals surface area contributed by atoms with Crippen LogP contribution in [0.15, 0.2) is 12.5 Å². The maximum Gasteiger partial charge on any atom is 0.326 e. The third-order valence-corrected chi connectivity index (χ3v) is 4.92. The van der Waals surface area contributed by atoms with E-state index in [0.29, 0.717) is 5.69 Å². The number of nitrogens with zero attached hydrogens (tertiary/aromatic N) is 1. The Morgan fingerprint density at radius 3 is 1.95 bits per heavy atom. The van der Waals surface area contributed by atoms with Gasteiger partial charge in [0.2, 0.25) is 23.6 Å². The van der Waals surface area contributed by atoms with Crippen molar-refractivity contribution in [1.29, 1.82) is 0 Å². The number of carboxylic acid groups (broad SMARTS) is 3. The Balaban J connectivity index is 3.08. The van der Waals surface area contributed by atoms with Gasteiger partial charge in [0.1, 0.15) is 18.1 Å². The van der Waals surface area contributed by atoms with Crippen LogP contribution in [0.4, 0.5) is 0 Å². The number of hydrogen-bond donors (Lipinski definition) is 9. The van der Waals surface area contributed by atoms with E-state index in [1.54, 1.807) is 0 Å². The van der Waals surface area contributed by atoms with Gasteiger partial charge < -0.3 is 47.7 Å². The van der Waals surface area contributed by atoms with E-state index in [1.165, 1.54) is 12.5 Å². The highest BCUT2D eigenvalue weighted by molar-refractivity contribution is 5.95. The van der Waals surface area contributed by atoms with E-state index in [2.05, 4.69) is 20.6 Å². The average Bonchev–Trinajstić information content (AvgIpc) is 3.31. The zero-order valence-electron chi connectivity index (χ0n) is 19.5. The Bertz CT molecular complexity index is 998. The van der Waals surface area contributed by atoms with Crippen molar-refractivity contribution in [2.24, 2.45) is 11.5 Å². The number of aliphatic carboxylic acids is 3. The molecule has 4 atom stereocenters. The summed E-state index contributed by atoms with van der Waals surface area (Å²) in [6.45, 7) is 0. The molecule has 1 aromatic rings. The van der Waals surface area contributed by atoms with Crippen LogP contribution >= 0.6 is 0 Å². The highest BCUT2D eigenvalue weighted by atomic mass is 16.4. The smallest absolute Gasteiger partial charge is 0.326 e. The van der Waals surface area contributed by atoms with Crippen molar-refractivity contribution in [2.45, 2.75) is 62.7 Å². The van der Waals surface area contributed by atoms with Crippen molar-refractivity contribution in [3.05, 3.63) is 18.2 Å². The number of hydrogen-bond acceptors (Lipinski definition) is 9. The molecule has 0 fully saturated rings. The Labute approximate surface area is 209 Å². The van der Waals surface area contributed by atoms with Crippen LogP contribution in [0.25, 0.3) is 0 Å². The summed E-state index contributed by atoms with van der Waals surface area (Å²) in [5.74, 6) is -8.01. The van der Waals surface area contributed by atoms with Crippen molar-refractivity contribution in [3.8, 4) is 0 Å². The third-order valence-electron chi connectivity index (χ3n) is 4.92. The van der Waals surface area contributed by atoms with Crippen LogP contribution < -0.4 is 27.4 Å². The Morgan fingerprint density at radius 1 is 0.838 bits per heavy atom. The first-order valence-electron chi connectivity index (χ1n) is 10.9. The predicted octanol–water partition coefficient (Wildman–Crippen LogP) is -3.58. The number of carbonyl (C=O) groups is 7. The van der Waals surface area contributed by atoms with E-state index in [0.717, 1.165) is 0 Å². The topological polar surface area (TPSA) is 297 Å². The number of aromatic nitrogens is 2. The lowest BCUT2D eigenvalue weighted by Crippen LogP contribution is -2.58. The summed E-state index contributed by atoms with van der Waals surface area (Å²) in [7, 11) is 0. The number of nitrogens with one attached hydrogen (secondary N) is 4. The van der Waals surface area contributed by atoms with E-state index in [4.69, 9.17) is 21.7 Å². The molecule has 204 valence electrons. The normalized spacial score (nSPS) is 13.9. The molecular weight excluding hydrogens is 498 g/mol. The minimum absolute atomic E-state index is 0.231. The molecule has 37 heavy (non-hydrogen) atoms. The van der Waals surface area contributed by atoms with Gasteiger partial charge in [0.25, 0.3) is 0 Å². The van der Waals surface area contributed by atoms with Crippen molar-refractivity contribution in [3.63, 3.8) is 0 Å². The maximum absolute atomic E-state index is 13.0. The maximum atomic E-state index is 13.0. The second-order valence-corrected chi connectivity index (χ2v) is 7.94. The van der Waals surface area contributed by atoms with Gasteiger partial charge in [-0.2, -0.15) is 0 Å². The van der Waals surface area contributed by atoms with Gasteiger partial charge in [-0.3, -0.25) is 28.8 Å². The Kier molecular flexibility index (Phi) is 12.2. The minimum atomic E-state index is -1.80. The zero-order chi connectivity index (χ0) is 28.1. The molecule has 0 bridgehead atoms. The van der Waals surface area contributed by atoms with Crippen molar-refractivity contribution >= 4 is 41.5 Å². The van der Waals surface area contributed by atoms with Gasteiger partial charge in [-0.15, -0.1) is 0 Å². The molecule has 4 unspecified atom stereocenters. The standard InChI is InChI=1S/C20H29N7O10/c21-10(1-4-15(29)30)17(33)25-11(2-3-14(22)28)18(34)26-12(5-9-7-23-8-24-9)19(35)27-13(20(36)37)6-16(31)32/h7-8,10-13H,1-6,21H2,(H2,22,28)(H,23,24)(H,25,33)(H,26,34)(H,27,35)(H,29,30)(H,31,32)(H,36,37). The van der Waals surface area contributed by atoms with Gasteiger partial charge in [0.15, 0.2) is 0 Å². The van der Waals surface area contributed by atoms with Crippen LogP contribution in [0.2, 0.25) is 0 Å². The summed E-state index contributed by atoms with van der Waals surface area (Å²) in [6.07, 6.45) is 0.143. The Morgan fingerprint density at radius 2 is 1.43 bits per heavy atom. The van der Waals surface area contributed by atoms with Crippen molar-refractivity contribution in [1.82, 2.24) is 25.9 Å². The molecule has 0 aliphatic rings. The molecule has 0 aliphatic carbocycles. The van der Waals surface area contributed by atoms with Gasteiger partial charge in [-0.05, 0) is 12.8 Å². The fourth-order valence-corrected chi connectivity index (χ4v) is 2.99. The van der Waals surface area contributed by atoms with E-state index >= 15 is 0 Å². The lowest BCUT2D eigenvalue weighted by Gasteiger charge is -2.24. The number of primary amides is 1. The SMILES string of the molecule is NC(=O)CCC(NC(=O)C(N)CCC(=O)O)C(=O)NC(Cc1cnc[nH]1)C(=O)NC(CC(=O)O)C(=O)O. The molecule has 0 spiro atoms. The van der Waals surface area contributed by atoms with Gasteiger partial charge in [0.05, 0.1) is 18.8 Å². The molecule has 17 nitrogen and oxygen atoms in total. The number of H-pyrrole nitrogens is 1. The van der Waals surface area contributed by atoms with E-state index in [1.807, 2.05) is 5.32 Å². The number of imidazole rings is 1. The summed E-state index contributed by atoms with van der Waals surface area (Å²) < 4.78 is 0. The van der Waals surface area contributed by atoms with Crippen LogP contribution in [0, 0.1) is 0 Å². The predicted molar refractivity (Wildman–Crippen MR) is 121 cm³/mol. The van der Waals surface area contributed by atoms with Gasteiger partial charge >= 0.3 is 17.9 Å². The van der Waals surface area contributed by atoms with Gasteiger partial charge in [0, 0.05) is 31.2 Å². The van der Waals surface area contributed by atoms with Crippen molar-refractivity contribution in [2.75, 3.05) is 0 Å². The highest BCUT2D eigenvalue weighted by Crippen LogP contribution is 2.05. The van der Waals surface area contributed by atoms with Crippen LogP contribution in [0.5, 0.6) is 0 Å². The van der Waals surface area contributed by atoms with Crippen molar-refractivity contribution < 1.29 is 48.9 Å². The summed E-state index contributed by atoms with van der Waals surface area (Å²) in [5, 5.41) is 33.5. The van der Waals surface area contributed by atoms with Crippen LogP contribution in [0.3, 0.4) is 0 Å². The number of carboxylic acids is 3. The molecule has 1 heterocycles. The molecule has 0 radical (unpaired) electrons. The molecule has 1 rings (SSSR count). The van der Waals surface area contributed by atoms with Gasteiger partial charge in [-0.1, -0.05) is 0 Å². The first-order valence-corrected chi connectivity index (χ1v) is 10.9. The zero-order valence-corrected chi connectivity index (χ0v) is 19.5. The molecule has 1 aromatic heterocycles. The number of carbonyl (C=O) groups excluding carboxylic acids is 4. The number of rotatable bonds is 17. The number of amides is 4. The fourth-order valence-electron chi connectivity index (χ4n) is 2.99. The lowest BCUT2D eigenvalue weighted by atomic mass is 10.1.